The van der Waals surface area contributed by atoms with Crippen LogP contribution in [0.1, 0.15) is 17.3 Å². The zero-order chi connectivity index (χ0) is 9.14. The summed E-state index contributed by atoms with van der Waals surface area (Å²) in [7, 11) is 0. The molecule has 1 atom stereocenters. The highest BCUT2D eigenvalue weighted by atomic mass is 35.5. The largest absolute Gasteiger partial charge is 0.291 e. The SMILES string of the molecule is C[C@@H](F)C(=O)c1ccc(Cl)cc1. The first-order valence-electron chi connectivity index (χ1n) is 3.55. The van der Waals surface area contributed by atoms with Crippen molar-refractivity contribution in [3.05, 3.63) is 34.9 Å². The van der Waals surface area contributed by atoms with Crippen LogP contribution in [0.15, 0.2) is 24.3 Å². The van der Waals surface area contributed by atoms with Crippen molar-refractivity contribution in [3.63, 3.8) is 0 Å². The van der Waals surface area contributed by atoms with Crippen LogP contribution in [-0.2, 0) is 0 Å². The van der Waals surface area contributed by atoms with Crippen LogP contribution in [0.25, 0.3) is 0 Å². The van der Waals surface area contributed by atoms with Crippen molar-refractivity contribution in [1.29, 1.82) is 0 Å². The van der Waals surface area contributed by atoms with Crippen LogP contribution in [0.2, 0.25) is 5.02 Å². The van der Waals surface area contributed by atoms with Crippen LogP contribution in [0.4, 0.5) is 4.39 Å². The fraction of sp³-hybridized carbons (Fsp3) is 0.222. The van der Waals surface area contributed by atoms with E-state index in [2.05, 4.69) is 0 Å². The molecule has 0 aliphatic rings. The Balaban J connectivity index is 2.90. The second kappa shape index (κ2) is 3.68. The molecule has 0 unspecified atom stereocenters. The molecule has 0 fully saturated rings. The Kier molecular flexibility index (Phi) is 2.82. The van der Waals surface area contributed by atoms with Gasteiger partial charge in [0.05, 0.1) is 0 Å². The fourth-order valence-corrected chi connectivity index (χ4v) is 0.970. The lowest BCUT2D eigenvalue weighted by molar-refractivity contribution is 0.0893. The van der Waals surface area contributed by atoms with Crippen LogP contribution < -0.4 is 0 Å². The number of benzene rings is 1. The van der Waals surface area contributed by atoms with Crippen molar-refractivity contribution in [2.75, 3.05) is 0 Å². The first-order chi connectivity index (χ1) is 5.61. The Bertz CT molecular complexity index is 279. The number of rotatable bonds is 2. The van der Waals surface area contributed by atoms with Crippen LogP contribution in [0.5, 0.6) is 0 Å². The van der Waals surface area contributed by atoms with E-state index in [1.54, 1.807) is 12.1 Å². The summed E-state index contributed by atoms with van der Waals surface area (Å²) in [5.74, 6) is -0.508. The summed E-state index contributed by atoms with van der Waals surface area (Å²) in [5, 5.41) is 0.540. The van der Waals surface area contributed by atoms with Crippen molar-refractivity contribution in [2.45, 2.75) is 13.1 Å². The predicted octanol–water partition coefficient (Wildman–Crippen LogP) is 2.88. The minimum atomic E-state index is -1.45. The van der Waals surface area contributed by atoms with Gasteiger partial charge in [0.15, 0.2) is 12.0 Å². The molecule has 0 spiro atoms. The average molecular weight is 187 g/mol. The van der Waals surface area contributed by atoms with Gasteiger partial charge in [-0.25, -0.2) is 4.39 Å². The van der Waals surface area contributed by atoms with Crippen molar-refractivity contribution in [3.8, 4) is 0 Å². The number of carbonyl (C=O) groups is 1. The molecule has 64 valence electrons. The van der Waals surface area contributed by atoms with E-state index in [4.69, 9.17) is 11.6 Å². The third-order valence-corrected chi connectivity index (χ3v) is 1.74. The summed E-state index contributed by atoms with van der Waals surface area (Å²) in [6.45, 7) is 1.22. The van der Waals surface area contributed by atoms with E-state index in [-0.39, 0.29) is 0 Å². The predicted molar refractivity (Wildman–Crippen MR) is 46.4 cm³/mol. The molecule has 0 radical (unpaired) electrons. The maximum absolute atomic E-state index is 12.5. The lowest BCUT2D eigenvalue weighted by Gasteiger charge is -2.00. The Morgan fingerprint density at radius 3 is 2.33 bits per heavy atom. The minimum absolute atomic E-state index is 0.356. The molecular formula is C9H8ClFO. The Morgan fingerprint density at radius 2 is 1.92 bits per heavy atom. The summed E-state index contributed by atoms with van der Waals surface area (Å²) in [6, 6.07) is 6.16. The number of hydrogen-bond acceptors (Lipinski definition) is 1. The molecular weight excluding hydrogens is 179 g/mol. The average Bonchev–Trinajstić information content (AvgIpc) is 2.04. The molecule has 1 rings (SSSR count). The quantitative estimate of drug-likeness (QED) is 0.650. The van der Waals surface area contributed by atoms with Crippen molar-refractivity contribution in [1.82, 2.24) is 0 Å². The molecule has 0 aliphatic heterocycles. The molecule has 0 N–H and O–H groups in total. The van der Waals surface area contributed by atoms with Gasteiger partial charge in [-0.3, -0.25) is 4.79 Å². The first kappa shape index (κ1) is 9.20. The number of alkyl halides is 1. The van der Waals surface area contributed by atoms with Gasteiger partial charge in [0.25, 0.3) is 0 Å². The third kappa shape index (κ3) is 2.05. The number of ketones is 1. The van der Waals surface area contributed by atoms with Gasteiger partial charge >= 0.3 is 0 Å². The monoisotopic (exact) mass is 186 g/mol. The van der Waals surface area contributed by atoms with Gasteiger partial charge in [0, 0.05) is 10.6 Å². The van der Waals surface area contributed by atoms with Gasteiger partial charge in [-0.2, -0.15) is 0 Å². The van der Waals surface area contributed by atoms with Crippen molar-refractivity contribution >= 4 is 17.4 Å². The maximum Gasteiger partial charge on any atom is 0.196 e. The molecule has 0 aromatic heterocycles. The van der Waals surface area contributed by atoms with Gasteiger partial charge in [-0.1, -0.05) is 11.6 Å². The van der Waals surface area contributed by atoms with Gasteiger partial charge < -0.3 is 0 Å². The zero-order valence-corrected chi connectivity index (χ0v) is 7.31. The summed E-state index contributed by atoms with van der Waals surface area (Å²) in [4.78, 5) is 11.0. The topological polar surface area (TPSA) is 17.1 Å². The summed E-state index contributed by atoms with van der Waals surface area (Å²) in [6.07, 6.45) is -1.45. The highest BCUT2D eigenvalue weighted by molar-refractivity contribution is 6.30. The minimum Gasteiger partial charge on any atom is -0.291 e. The van der Waals surface area contributed by atoms with E-state index < -0.39 is 12.0 Å². The lowest BCUT2D eigenvalue weighted by atomic mass is 10.1. The van der Waals surface area contributed by atoms with Gasteiger partial charge in [-0.05, 0) is 31.2 Å². The number of carbonyl (C=O) groups excluding carboxylic acids is 1. The van der Waals surface area contributed by atoms with Crippen LogP contribution >= 0.6 is 11.6 Å². The summed E-state index contributed by atoms with van der Waals surface area (Å²) in [5.41, 5.74) is 0.356. The second-order valence-electron chi connectivity index (χ2n) is 2.49. The molecule has 3 heteroatoms. The maximum atomic E-state index is 12.5. The highest BCUT2D eigenvalue weighted by Crippen LogP contribution is 2.11. The Labute approximate surface area is 75.2 Å². The van der Waals surface area contributed by atoms with E-state index in [0.29, 0.717) is 10.6 Å². The van der Waals surface area contributed by atoms with Crippen molar-refractivity contribution in [2.24, 2.45) is 0 Å². The zero-order valence-electron chi connectivity index (χ0n) is 6.55. The first-order valence-corrected chi connectivity index (χ1v) is 3.93. The molecule has 1 aromatic rings. The van der Waals surface area contributed by atoms with E-state index >= 15 is 0 Å². The molecule has 1 aromatic carbocycles. The lowest BCUT2D eigenvalue weighted by Crippen LogP contribution is -2.10. The standard InChI is InChI=1S/C9H8ClFO/c1-6(11)9(12)7-2-4-8(10)5-3-7/h2-6H,1H3/t6-/m1/s1. The molecule has 12 heavy (non-hydrogen) atoms. The van der Waals surface area contributed by atoms with Gasteiger partial charge in [0.2, 0.25) is 0 Å². The normalized spacial score (nSPS) is 12.6. The molecule has 1 nitrogen and oxygen atoms in total. The van der Waals surface area contributed by atoms with E-state index in [1.807, 2.05) is 0 Å². The number of Topliss-reactive ketones (excluding diaryl/α,β-unsaturated/α-hetero) is 1. The van der Waals surface area contributed by atoms with Gasteiger partial charge in [-0.15, -0.1) is 0 Å². The molecule has 0 amide bonds. The van der Waals surface area contributed by atoms with E-state index in [0.717, 1.165) is 0 Å². The van der Waals surface area contributed by atoms with Crippen molar-refractivity contribution < 1.29 is 9.18 Å². The third-order valence-electron chi connectivity index (χ3n) is 1.49. The molecule has 0 bridgehead atoms. The van der Waals surface area contributed by atoms with E-state index in [9.17, 15) is 9.18 Å². The summed E-state index contributed by atoms with van der Waals surface area (Å²) >= 11 is 5.59. The smallest absolute Gasteiger partial charge is 0.196 e. The Hall–Kier alpha value is -0.890. The van der Waals surface area contributed by atoms with Crippen LogP contribution in [0.3, 0.4) is 0 Å². The Morgan fingerprint density at radius 1 is 1.42 bits per heavy atom. The number of halogens is 2. The highest BCUT2D eigenvalue weighted by Gasteiger charge is 2.12. The fourth-order valence-electron chi connectivity index (χ4n) is 0.844. The molecule has 0 heterocycles. The number of hydrogen-bond donors (Lipinski definition) is 0. The molecule has 0 aliphatic carbocycles. The van der Waals surface area contributed by atoms with Gasteiger partial charge in [0.1, 0.15) is 0 Å². The molecule has 0 saturated carbocycles. The van der Waals surface area contributed by atoms with Crippen LogP contribution in [0, 0.1) is 0 Å². The van der Waals surface area contributed by atoms with E-state index in [1.165, 1.54) is 19.1 Å². The molecule has 0 saturated heterocycles. The second-order valence-corrected chi connectivity index (χ2v) is 2.92. The van der Waals surface area contributed by atoms with Crippen LogP contribution in [-0.4, -0.2) is 12.0 Å². The summed E-state index contributed by atoms with van der Waals surface area (Å²) < 4.78 is 12.5.